The highest BCUT2D eigenvalue weighted by Crippen LogP contribution is 2.22. The normalized spacial score (nSPS) is 10.2. The number of carbonyl (C=O) groups excluding carboxylic acids is 2. The molecule has 0 saturated carbocycles. The van der Waals surface area contributed by atoms with Crippen LogP contribution in [-0.2, 0) is 4.74 Å². The van der Waals surface area contributed by atoms with E-state index in [2.05, 4.69) is 20.0 Å². The van der Waals surface area contributed by atoms with Crippen LogP contribution in [0.25, 0.3) is 11.3 Å². The van der Waals surface area contributed by atoms with Gasteiger partial charge in [0, 0.05) is 11.3 Å². The average Bonchev–Trinajstić information content (AvgIpc) is 2.73. The van der Waals surface area contributed by atoms with Crippen LogP contribution in [0, 0.1) is 0 Å². The van der Waals surface area contributed by atoms with Crippen molar-refractivity contribution < 1.29 is 19.1 Å². The monoisotopic (exact) mass is 379 g/mol. The first-order chi connectivity index (χ1) is 13.5. The molecule has 8 heteroatoms. The topological polar surface area (TPSA) is 110 Å². The maximum absolute atomic E-state index is 12.6. The van der Waals surface area contributed by atoms with E-state index in [0.29, 0.717) is 28.3 Å². The van der Waals surface area contributed by atoms with Gasteiger partial charge in [-0.2, -0.15) is 4.98 Å². The molecule has 28 heavy (non-hydrogen) atoms. The number of nitrogens with one attached hydrogen (secondary N) is 2. The second kappa shape index (κ2) is 8.17. The van der Waals surface area contributed by atoms with Gasteiger partial charge in [-0.3, -0.25) is 4.79 Å². The molecule has 0 radical (unpaired) electrons. The lowest BCUT2D eigenvalue weighted by atomic mass is 10.1. The van der Waals surface area contributed by atoms with Crippen LogP contribution in [0.2, 0.25) is 0 Å². The first-order valence-electron chi connectivity index (χ1n) is 8.25. The Hall–Kier alpha value is -3.94. The van der Waals surface area contributed by atoms with Crippen LogP contribution in [0.15, 0.2) is 59.4 Å². The fourth-order valence-electron chi connectivity index (χ4n) is 2.55. The number of anilines is 1. The Labute approximate surface area is 160 Å². The second-order valence-electron chi connectivity index (χ2n) is 5.74. The van der Waals surface area contributed by atoms with Crippen LogP contribution in [0.4, 0.5) is 5.69 Å². The molecule has 0 fully saturated rings. The van der Waals surface area contributed by atoms with Crippen molar-refractivity contribution >= 4 is 17.6 Å². The van der Waals surface area contributed by atoms with Gasteiger partial charge in [-0.25, -0.2) is 9.59 Å². The van der Waals surface area contributed by atoms with Crippen molar-refractivity contribution in [2.24, 2.45) is 0 Å². The van der Waals surface area contributed by atoms with Crippen molar-refractivity contribution in [2.45, 2.75) is 0 Å². The van der Waals surface area contributed by atoms with E-state index in [1.807, 2.05) is 0 Å². The van der Waals surface area contributed by atoms with Gasteiger partial charge < -0.3 is 19.8 Å². The first kappa shape index (κ1) is 18.8. The maximum Gasteiger partial charge on any atom is 0.346 e. The highest BCUT2D eigenvalue weighted by Gasteiger charge is 2.13. The summed E-state index contributed by atoms with van der Waals surface area (Å²) in [4.78, 5) is 42.5. The molecule has 1 amide bonds. The number of hydrogen-bond donors (Lipinski definition) is 2. The predicted molar refractivity (Wildman–Crippen MR) is 103 cm³/mol. The van der Waals surface area contributed by atoms with Gasteiger partial charge in [-0.05, 0) is 36.4 Å². The molecule has 0 aliphatic carbocycles. The fraction of sp³-hybridized carbons (Fsp3) is 0.100. The van der Waals surface area contributed by atoms with E-state index in [-0.39, 0.29) is 5.69 Å². The van der Waals surface area contributed by atoms with Crippen molar-refractivity contribution in [3.05, 3.63) is 76.3 Å². The number of H-pyrrole nitrogens is 1. The number of esters is 1. The number of rotatable bonds is 5. The molecule has 0 atom stereocenters. The Morgan fingerprint density at radius 3 is 2.57 bits per heavy atom. The van der Waals surface area contributed by atoms with E-state index < -0.39 is 17.6 Å². The summed E-state index contributed by atoms with van der Waals surface area (Å²) in [7, 11) is 2.81. The third kappa shape index (κ3) is 4.24. The van der Waals surface area contributed by atoms with E-state index in [4.69, 9.17) is 4.74 Å². The minimum Gasteiger partial charge on any atom is -0.497 e. The Bertz CT molecular complexity index is 1090. The molecule has 2 aromatic carbocycles. The fourth-order valence-corrected chi connectivity index (χ4v) is 2.55. The summed E-state index contributed by atoms with van der Waals surface area (Å²) in [6, 6.07) is 14.7. The van der Waals surface area contributed by atoms with Crippen LogP contribution in [0.1, 0.15) is 20.8 Å². The number of methoxy groups -OCH3 is 2. The van der Waals surface area contributed by atoms with Gasteiger partial charge in [-0.1, -0.05) is 18.2 Å². The zero-order valence-electron chi connectivity index (χ0n) is 15.2. The van der Waals surface area contributed by atoms with Gasteiger partial charge in [0.25, 0.3) is 5.91 Å². The molecule has 0 aliphatic heterocycles. The molecule has 0 saturated heterocycles. The highest BCUT2D eigenvalue weighted by molar-refractivity contribution is 6.04. The van der Waals surface area contributed by atoms with Crippen LogP contribution in [-0.4, -0.2) is 36.1 Å². The molecule has 0 aliphatic rings. The molecule has 3 aromatic rings. The molecule has 142 valence electrons. The summed E-state index contributed by atoms with van der Waals surface area (Å²) in [5.74, 6) is -0.468. The highest BCUT2D eigenvalue weighted by atomic mass is 16.5. The molecule has 0 spiro atoms. The van der Waals surface area contributed by atoms with Crippen molar-refractivity contribution in [1.29, 1.82) is 0 Å². The summed E-state index contributed by atoms with van der Waals surface area (Å²) >= 11 is 0. The average molecular weight is 379 g/mol. The third-order valence-corrected chi connectivity index (χ3v) is 3.90. The van der Waals surface area contributed by atoms with E-state index in [1.54, 1.807) is 42.5 Å². The van der Waals surface area contributed by atoms with Gasteiger partial charge >= 0.3 is 11.7 Å². The van der Waals surface area contributed by atoms with Gasteiger partial charge in [-0.15, -0.1) is 0 Å². The lowest BCUT2D eigenvalue weighted by Gasteiger charge is -2.08. The van der Waals surface area contributed by atoms with E-state index >= 15 is 0 Å². The van der Waals surface area contributed by atoms with Crippen molar-refractivity contribution in [3.63, 3.8) is 0 Å². The third-order valence-electron chi connectivity index (χ3n) is 3.90. The summed E-state index contributed by atoms with van der Waals surface area (Å²) in [5, 5.41) is 2.64. The SMILES string of the molecule is COC(=O)c1cccc(NC(=O)c2cc(-c3cccc(OC)c3)nc(=O)[nH]2)c1. The standard InChI is InChI=1S/C20H17N3O5/c1-27-15-8-4-5-12(10-15)16-11-17(23-20(26)22-16)18(24)21-14-7-3-6-13(9-14)19(25)28-2/h3-11H,1-2H3,(H,21,24)(H,22,23,26). The molecular weight excluding hydrogens is 362 g/mol. The smallest absolute Gasteiger partial charge is 0.346 e. The number of aromatic nitrogens is 2. The van der Waals surface area contributed by atoms with Crippen LogP contribution < -0.4 is 15.7 Å². The number of benzene rings is 2. The molecule has 0 unspecified atom stereocenters. The molecular formula is C20H17N3O5. The summed E-state index contributed by atoms with van der Waals surface area (Å²) in [6.07, 6.45) is 0. The molecule has 8 nitrogen and oxygen atoms in total. The largest absolute Gasteiger partial charge is 0.497 e. The quantitative estimate of drug-likeness (QED) is 0.659. The zero-order chi connectivity index (χ0) is 20.1. The number of ether oxygens (including phenoxy) is 2. The molecule has 3 rings (SSSR count). The Morgan fingerprint density at radius 1 is 1.04 bits per heavy atom. The predicted octanol–water partition coefficient (Wildman–Crippen LogP) is 2.48. The Kier molecular flexibility index (Phi) is 5.50. The summed E-state index contributed by atoms with van der Waals surface area (Å²) in [6.45, 7) is 0. The van der Waals surface area contributed by atoms with Crippen molar-refractivity contribution in [3.8, 4) is 17.0 Å². The van der Waals surface area contributed by atoms with E-state index in [1.165, 1.54) is 26.4 Å². The Balaban J connectivity index is 1.89. The first-order valence-corrected chi connectivity index (χ1v) is 8.25. The number of hydrogen-bond acceptors (Lipinski definition) is 6. The molecule has 0 bridgehead atoms. The summed E-state index contributed by atoms with van der Waals surface area (Å²) in [5.41, 5.74) is 1.01. The van der Waals surface area contributed by atoms with E-state index in [0.717, 1.165) is 0 Å². The van der Waals surface area contributed by atoms with Gasteiger partial charge in [0.2, 0.25) is 0 Å². The molecule has 1 aromatic heterocycles. The minimum absolute atomic E-state index is 0.0290. The number of carbonyl (C=O) groups is 2. The lowest BCUT2D eigenvalue weighted by molar-refractivity contribution is 0.0600. The second-order valence-corrected chi connectivity index (χ2v) is 5.74. The number of aromatic amines is 1. The van der Waals surface area contributed by atoms with Crippen LogP contribution in [0.3, 0.4) is 0 Å². The maximum atomic E-state index is 12.6. The Morgan fingerprint density at radius 2 is 1.82 bits per heavy atom. The van der Waals surface area contributed by atoms with Crippen LogP contribution in [0.5, 0.6) is 5.75 Å². The van der Waals surface area contributed by atoms with Gasteiger partial charge in [0.1, 0.15) is 11.4 Å². The molecule has 2 N–H and O–H groups in total. The number of amides is 1. The summed E-state index contributed by atoms with van der Waals surface area (Å²) < 4.78 is 9.83. The zero-order valence-corrected chi connectivity index (χ0v) is 15.2. The number of nitrogens with zero attached hydrogens (tertiary/aromatic N) is 1. The van der Waals surface area contributed by atoms with Gasteiger partial charge in [0.05, 0.1) is 25.5 Å². The van der Waals surface area contributed by atoms with Gasteiger partial charge in [0.15, 0.2) is 0 Å². The van der Waals surface area contributed by atoms with E-state index in [9.17, 15) is 14.4 Å². The minimum atomic E-state index is -0.659. The van der Waals surface area contributed by atoms with Crippen molar-refractivity contribution in [2.75, 3.05) is 19.5 Å². The van der Waals surface area contributed by atoms with Crippen molar-refractivity contribution in [1.82, 2.24) is 9.97 Å². The lowest BCUT2D eigenvalue weighted by Crippen LogP contribution is -2.21. The molecule has 1 heterocycles. The van der Waals surface area contributed by atoms with Crippen LogP contribution >= 0.6 is 0 Å².